The fourth-order valence-corrected chi connectivity index (χ4v) is 0.321. The molecule has 0 amide bonds. The number of hydrogen-bond acceptors (Lipinski definition) is 0. The maximum atomic E-state index is 11.5. The molecule has 0 aromatic carbocycles. The Labute approximate surface area is 58.0 Å². The van der Waals surface area contributed by atoms with Gasteiger partial charge in [0.25, 0.3) is 0 Å². The van der Waals surface area contributed by atoms with E-state index in [1.807, 2.05) is 0 Å². The summed E-state index contributed by atoms with van der Waals surface area (Å²) >= 11 is 8.93. The molecular formula is C3Cl2F4. The second kappa shape index (κ2) is 2.75. The molecular weight excluding hydrogens is 183 g/mol. The molecule has 54 valence electrons. The third kappa shape index (κ3) is 2.91. The zero-order chi connectivity index (χ0) is 7.65. The van der Waals surface area contributed by atoms with Gasteiger partial charge in [0.1, 0.15) is 4.49 Å². The number of allylic oxidation sites excluding steroid dienone is 1. The van der Waals surface area contributed by atoms with Gasteiger partial charge in [0.2, 0.25) is 5.83 Å². The molecule has 0 aromatic rings. The van der Waals surface area contributed by atoms with Crippen LogP contribution in [0.5, 0.6) is 0 Å². The predicted molar refractivity (Wildman–Crippen MR) is 25.9 cm³/mol. The quantitative estimate of drug-likeness (QED) is 0.506. The second-order valence-electron chi connectivity index (χ2n) is 1.07. The normalized spacial score (nSPS) is 11.3. The van der Waals surface area contributed by atoms with Crippen LogP contribution in [0.4, 0.5) is 17.6 Å². The lowest BCUT2D eigenvalue weighted by atomic mass is 10.6. The van der Waals surface area contributed by atoms with Crippen LogP contribution in [0.15, 0.2) is 10.3 Å². The molecule has 6 heteroatoms. The summed E-state index contributed by atoms with van der Waals surface area (Å²) in [5.74, 6) is -2.47. The Morgan fingerprint density at radius 3 is 1.44 bits per heavy atom. The predicted octanol–water partition coefficient (Wildman–Crippen LogP) is 3.16. The van der Waals surface area contributed by atoms with Crippen molar-refractivity contribution in [3.8, 4) is 0 Å². The van der Waals surface area contributed by atoms with Gasteiger partial charge in [-0.05, 0) is 0 Å². The van der Waals surface area contributed by atoms with Gasteiger partial charge in [-0.3, -0.25) is 0 Å². The highest BCUT2D eigenvalue weighted by atomic mass is 35.5. The van der Waals surface area contributed by atoms with Gasteiger partial charge in [-0.25, -0.2) is 0 Å². The van der Waals surface area contributed by atoms with Crippen LogP contribution in [-0.4, -0.2) is 6.18 Å². The van der Waals surface area contributed by atoms with Crippen LogP contribution in [-0.2, 0) is 0 Å². The van der Waals surface area contributed by atoms with Gasteiger partial charge in [0, 0.05) is 0 Å². The van der Waals surface area contributed by atoms with Gasteiger partial charge in [-0.1, -0.05) is 23.2 Å². The maximum absolute atomic E-state index is 11.5. The van der Waals surface area contributed by atoms with Crippen molar-refractivity contribution in [2.45, 2.75) is 6.18 Å². The Morgan fingerprint density at radius 1 is 1.11 bits per heavy atom. The molecule has 0 spiro atoms. The molecule has 0 unspecified atom stereocenters. The Hall–Kier alpha value is 0.0400. The average Bonchev–Trinajstić information content (AvgIpc) is 1.62. The topological polar surface area (TPSA) is 0 Å². The standard InChI is InChI=1S/C3Cl2F4/c4-2(5)1(6)3(7,8)9. The minimum absolute atomic E-state index is 1.40. The van der Waals surface area contributed by atoms with Crippen molar-refractivity contribution in [3.63, 3.8) is 0 Å². The SMILES string of the molecule is FC(=C(Cl)Cl)C(F)(F)F. The third-order valence-corrected chi connectivity index (χ3v) is 0.747. The molecule has 0 nitrogen and oxygen atoms in total. The first-order valence-electron chi connectivity index (χ1n) is 1.63. The lowest BCUT2D eigenvalue weighted by Gasteiger charge is -2.00. The molecule has 0 aliphatic heterocycles. The van der Waals surface area contributed by atoms with Gasteiger partial charge in [-0.15, -0.1) is 0 Å². The van der Waals surface area contributed by atoms with E-state index in [2.05, 4.69) is 23.2 Å². The number of halogens is 6. The average molecular weight is 183 g/mol. The molecule has 0 radical (unpaired) electrons. The Balaban J connectivity index is 4.40. The highest BCUT2D eigenvalue weighted by Crippen LogP contribution is 2.31. The molecule has 0 rings (SSSR count). The molecule has 0 aliphatic carbocycles. The molecule has 0 fully saturated rings. The summed E-state index contributed by atoms with van der Waals surface area (Å²) in [7, 11) is 0. The molecule has 9 heavy (non-hydrogen) atoms. The Bertz CT molecular complexity index is 131. The smallest absolute Gasteiger partial charge is 0.199 e. The fourth-order valence-electron chi connectivity index (χ4n) is 0.107. The highest BCUT2D eigenvalue weighted by Gasteiger charge is 2.36. The minimum atomic E-state index is -5.07. The first-order chi connectivity index (χ1) is 3.85. The fraction of sp³-hybridized carbons (Fsp3) is 0.333. The van der Waals surface area contributed by atoms with Crippen molar-refractivity contribution in [3.05, 3.63) is 10.3 Å². The first-order valence-corrected chi connectivity index (χ1v) is 2.39. The molecule has 0 bridgehead atoms. The summed E-state index contributed by atoms with van der Waals surface area (Å²) in [4.78, 5) is 0. The van der Waals surface area contributed by atoms with E-state index in [4.69, 9.17) is 0 Å². The van der Waals surface area contributed by atoms with Crippen molar-refractivity contribution in [2.24, 2.45) is 0 Å². The molecule has 0 heterocycles. The van der Waals surface area contributed by atoms with Crippen LogP contribution in [0, 0.1) is 0 Å². The van der Waals surface area contributed by atoms with Crippen molar-refractivity contribution in [1.82, 2.24) is 0 Å². The molecule has 0 N–H and O–H groups in total. The second-order valence-corrected chi connectivity index (χ2v) is 2.02. The summed E-state index contributed by atoms with van der Waals surface area (Å²) < 4.78 is 43.4. The van der Waals surface area contributed by atoms with Gasteiger partial charge in [0.05, 0.1) is 0 Å². The number of rotatable bonds is 0. The molecule has 0 atom stereocenters. The molecule has 0 saturated heterocycles. The number of hydrogen-bond donors (Lipinski definition) is 0. The van der Waals surface area contributed by atoms with E-state index < -0.39 is 16.5 Å². The summed E-state index contributed by atoms with van der Waals surface area (Å²) in [6, 6.07) is 0. The van der Waals surface area contributed by atoms with Crippen LogP contribution in [0.1, 0.15) is 0 Å². The van der Waals surface area contributed by atoms with Crippen LogP contribution in [0.25, 0.3) is 0 Å². The van der Waals surface area contributed by atoms with Crippen molar-refractivity contribution in [1.29, 1.82) is 0 Å². The van der Waals surface area contributed by atoms with E-state index in [9.17, 15) is 17.6 Å². The number of alkyl halides is 3. The lowest BCUT2D eigenvalue weighted by molar-refractivity contribution is -0.108. The summed E-state index contributed by atoms with van der Waals surface area (Å²) in [6.45, 7) is 0. The van der Waals surface area contributed by atoms with E-state index in [0.717, 1.165) is 0 Å². The highest BCUT2D eigenvalue weighted by molar-refractivity contribution is 6.56. The van der Waals surface area contributed by atoms with E-state index in [-0.39, 0.29) is 0 Å². The summed E-state index contributed by atoms with van der Waals surface area (Å²) in [5, 5.41) is 0. The van der Waals surface area contributed by atoms with Crippen LogP contribution in [0.3, 0.4) is 0 Å². The van der Waals surface area contributed by atoms with E-state index in [0.29, 0.717) is 0 Å². The maximum Gasteiger partial charge on any atom is 0.445 e. The van der Waals surface area contributed by atoms with Crippen molar-refractivity contribution >= 4 is 23.2 Å². The minimum Gasteiger partial charge on any atom is -0.199 e. The van der Waals surface area contributed by atoms with E-state index >= 15 is 0 Å². The molecule has 0 saturated carbocycles. The lowest BCUT2D eigenvalue weighted by Crippen LogP contribution is -2.07. The zero-order valence-electron chi connectivity index (χ0n) is 3.77. The first kappa shape index (κ1) is 9.04. The van der Waals surface area contributed by atoms with E-state index in [1.54, 1.807) is 0 Å². The van der Waals surface area contributed by atoms with Gasteiger partial charge < -0.3 is 0 Å². The van der Waals surface area contributed by atoms with Crippen LogP contribution >= 0.6 is 23.2 Å². The van der Waals surface area contributed by atoms with Gasteiger partial charge in [-0.2, -0.15) is 17.6 Å². The molecule has 0 aliphatic rings. The third-order valence-electron chi connectivity index (χ3n) is 0.415. The largest absolute Gasteiger partial charge is 0.445 e. The summed E-state index contributed by atoms with van der Waals surface area (Å²) in [5.41, 5.74) is 0. The van der Waals surface area contributed by atoms with Crippen LogP contribution in [0.2, 0.25) is 0 Å². The monoisotopic (exact) mass is 182 g/mol. The van der Waals surface area contributed by atoms with Crippen molar-refractivity contribution < 1.29 is 17.6 Å². The van der Waals surface area contributed by atoms with Crippen LogP contribution < -0.4 is 0 Å². The zero-order valence-corrected chi connectivity index (χ0v) is 5.28. The molecule has 0 aromatic heterocycles. The van der Waals surface area contributed by atoms with Gasteiger partial charge >= 0.3 is 6.18 Å². The Morgan fingerprint density at radius 2 is 1.44 bits per heavy atom. The van der Waals surface area contributed by atoms with Gasteiger partial charge in [0.15, 0.2) is 0 Å². The summed E-state index contributed by atoms with van der Waals surface area (Å²) in [6.07, 6.45) is -5.07. The van der Waals surface area contributed by atoms with Crippen molar-refractivity contribution in [2.75, 3.05) is 0 Å². The Kier molecular flexibility index (Phi) is 2.76. The van der Waals surface area contributed by atoms with E-state index in [1.165, 1.54) is 0 Å².